The molecule has 196 valence electrons. The van der Waals surface area contributed by atoms with Crippen molar-refractivity contribution in [3.8, 4) is 0 Å². The number of carbonyl (C=O) groups is 1. The summed E-state index contributed by atoms with van der Waals surface area (Å²) < 4.78 is 39.5. The molecule has 3 aliphatic rings. The highest BCUT2D eigenvalue weighted by atomic mass is 35.5. The molecule has 9 nitrogen and oxygen atoms in total. The summed E-state index contributed by atoms with van der Waals surface area (Å²) in [6.07, 6.45) is 2.30. The molecule has 3 heterocycles. The van der Waals surface area contributed by atoms with E-state index in [1.165, 1.54) is 4.31 Å². The number of nitrogens with zero attached hydrogens (tertiary/aromatic N) is 3. The van der Waals surface area contributed by atoms with Gasteiger partial charge in [0.15, 0.2) is 0 Å². The average Bonchev–Trinajstić information content (AvgIpc) is 2.84. The van der Waals surface area contributed by atoms with Gasteiger partial charge in [-0.05, 0) is 44.9 Å². The maximum Gasteiger partial charge on any atom is 0.248 e. The molecule has 0 aliphatic carbocycles. The van der Waals surface area contributed by atoms with Crippen molar-refractivity contribution in [3.05, 3.63) is 28.8 Å². The molecular weight excluding hydrogens is 492 g/mol. The van der Waals surface area contributed by atoms with Gasteiger partial charge in [0.2, 0.25) is 15.9 Å². The number of nitrogens with one attached hydrogen (secondary N) is 1. The molecule has 1 aromatic carbocycles. The van der Waals surface area contributed by atoms with Crippen LogP contribution in [0.2, 0.25) is 5.02 Å². The SMILES string of the molecule is Cc1cccc(Cl)c1S(=O)(=O)N1CCOC[C@H]1COCC(=O)N1CCN(C2CCNC(C)C2)CC1. The molecule has 1 amide bonds. The minimum absolute atomic E-state index is 0.0589. The summed E-state index contributed by atoms with van der Waals surface area (Å²) in [4.78, 5) is 17.2. The number of aryl methyl sites for hydroxylation is 1. The topological polar surface area (TPSA) is 91.4 Å². The smallest absolute Gasteiger partial charge is 0.248 e. The van der Waals surface area contributed by atoms with Crippen LogP contribution in [0.4, 0.5) is 0 Å². The van der Waals surface area contributed by atoms with E-state index in [1.807, 2.05) is 4.90 Å². The third kappa shape index (κ3) is 6.36. The number of benzene rings is 1. The normalized spacial score (nSPS) is 27.2. The van der Waals surface area contributed by atoms with E-state index in [0.717, 1.165) is 32.5 Å². The number of morpholine rings is 1. The number of rotatable bonds is 7. The van der Waals surface area contributed by atoms with E-state index in [-0.39, 0.29) is 42.2 Å². The average molecular weight is 529 g/mol. The Bertz CT molecular complexity index is 966. The molecule has 3 fully saturated rings. The van der Waals surface area contributed by atoms with Gasteiger partial charge in [0.25, 0.3) is 0 Å². The minimum Gasteiger partial charge on any atom is -0.378 e. The second-order valence-corrected chi connectivity index (χ2v) is 11.9. The highest BCUT2D eigenvalue weighted by Gasteiger charge is 2.36. The molecule has 3 atom stereocenters. The van der Waals surface area contributed by atoms with Crippen LogP contribution in [0.3, 0.4) is 0 Å². The molecule has 4 rings (SSSR count). The van der Waals surface area contributed by atoms with Gasteiger partial charge >= 0.3 is 0 Å². The van der Waals surface area contributed by atoms with E-state index >= 15 is 0 Å². The van der Waals surface area contributed by atoms with Crippen LogP contribution in [0.1, 0.15) is 25.3 Å². The Hall–Kier alpha value is -1.27. The highest BCUT2D eigenvalue weighted by Crippen LogP contribution is 2.30. The van der Waals surface area contributed by atoms with Crippen LogP contribution < -0.4 is 5.32 Å². The lowest BCUT2D eigenvalue weighted by atomic mass is 9.98. The number of carbonyl (C=O) groups excluding carboxylic acids is 1. The zero-order valence-corrected chi connectivity index (χ0v) is 22.2. The zero-order valence-electron chi connectivity index (χ0n) is 20.6. The van der Waals surface area contributed by atoms with E-state index in [2.05, 4.69) is 17.1 Å². The van der Waals surface area contributed by atoms with Crippen LogP contribution in [0, 0.1) is 6.92 Å². The van der Waals surface area contributed by atoms with Gasteiger partial charge in [-0.15, -0.1) is 0 Å². The summed E-state index contributed by atoms with van der Waals surface area (Å²) in [5.41, 5.74) is 0.594. The molecule has 0 saturated carbocycles. The molecule has 35 heavy (non-hydrogen) atoms. The number of hydrogen-bond donors (Lipinski definition) is 1. The van der Waals surface area contributed by atoms with Gasteiger partial charge in [-0.25, -0.2) is 8.42 Å². The molecule has 0 aromatic heterocycles. The van der Waals surface area contributed by atoms with Crippen molar-refractivity contribution in [2.75, 3.05) is 65.7 Å². The maximum absolute atomic E-state index is 13.4. The van der Waals surface area contributed by atoms with Gasteiger partial charge < -0.3 is 19.7 Å². The number of amides is 1. The van der Waals surface area contributed by atoms with Crippen LogP contribution in [0.5, 0.6) is 0 Å². The van der Waals surface area contributed by atoms with Crippen LogP contribution in [0.15, 0.2) is 23.1 Å². The monoisotopic (exact) mass is 528 g/mol. The molecule has 2 unspecified atom stereocenters. The number of hydrogen-bond acceptors (Lipinski definition) is 7. The summed E-state index contributed by atoms with van der Waals surface area (Å²) in [7, 11) is -3.83. The van der Waals surface area contributed by atoms with Crippen molar-refractivity contribution in [2.24, 2.45) is 0 Å². The Morgan fingerprint density at radius 1 is 1.23 bits per heavy atom. The zero-order chi connectivity index (χ0) is 25.0. The van der Waals surface area contributed by atoms with Crippen molar-refractivity contribution >= 4 is 27.5 Å². The first kappa shape index (κ1) is 26.8. The predicted octanol–water partition coefficient (Wildman–Crippen LogP) is 1.34. The summed E-state index contributed by atoms with van der Waals surface area (Å²) in [6.45, 7) is 8.89. The first-order valence-electron chi connectivity index (χ1n) is 12.4. The van der Waals surface area contributed by atoms with Crippen molar-refractivity contribution < 1.29 is 22.7 Å². The van der Waals surface area contributed by atoms with E-state index in [4.69, 9.17) is 21.1 Å². The van der Waals surface area contributed by atoms with Gasteiger partial charge in [0, 0.05) is 44.8 Å². The predicted molar refractivity (Wildman–Crippen MR) is 134 cm³/mol. The van der Waals surface area contributed by atoms with Crippen LogP contribution in [0.25, 0.3) is 0 Å². The quantitative estimate of drug-likeness (QED) is 0.571. The van der Waals surface area contributed by atoms with Gasteiger partial charge in [-0.1, -0.05) is 23.7 Å². The fourth-order valence-electron chi connectivity index (χ4n) is 5.30. The number of piperazine rings is 1. The molecule has 3 saturated heterocycles. The third-order valence-corrected chi connectivity index (χ3v) is 9.80. The van der Waals surface area contributed by atoms with Crippen molar-refractivity contribution in [3.63, 3.8) is 0 Å². The minimum atomic E-state index is -3.83. The van der Waals surface area contributed by atoms with E-state index < -0.39 is 16.1 Å². The first-order valence-corrected chi connectivity index (χ1v) is 14.3. The standard InChI is InChI=1S/C24H37ClN4O5S/c1-18-4-3-5-22(25)24(18)35(31,32)29-12-13-33-15-21(29)16-34-17-23(30)28-10-8-27(9-11-28)20-6-7-26-19(2)14-20/h3-5,19-21,26H,6-17H2,1-2H3/t19?,20?,21-/m0/s1. The van der Waals surface area contributed by atoms with Gasteiger partial charge in [0.05, 0.1) is 30.9 Å². The number of piperidine rings is 1. The molecular formula is C24H37ClN4O5S. The first-order chi connectivity index (χ1) is 16.8. The molecule has 1 N–H and O–H groups in total. The highest BCUT2D eigenvalue weighted by molar-refractivity contribution is 7.89. The molecule has 0 spiro atoms. The van der Waals surface area contributed by atoms with Crippen molar-refractivity contribution in [2.45, 2.75) is 49.7 Å². The van der Waals surface area contributed by atoms with Crippen LogP contribution >= 0.6 is 11.6 Å². The second kappa shape index (κ2) is 11.9. The van der Waals surface area contributed by atoms with Gasteiger partial charge in [-0.3, -0.25) is 9.69 Å². The molecule has 3 aliphatic heterocycles. The Kier molecular flexibility index (Phi) is 9.07. The molecule has 0 bridgehead atoms. The van der Waals surface area contributed by atoms with E-state index in [0.29, 0.717) is 37.3 Å². The van der Waals surface area contributed by atoms with E-state index in [9.17, 15) is 13.2 Å². The summed E-state index contributed by atoms with van der Waals surface area (Å²) in [5.74, 6) is -0.0589. The Morgan fingerprint density at radius 3 is 2.71 bits per heavy atom. The van der Waals surface area contributed by atoms with Crippen LogP contribution in [-0.2, 0) is 24.3 Å². The van der Waals surface area contributed by atoms with Crippen LogP contribution in [-0.4, -0.2) is 112 Å². The maximum atomic E-state index is 13.4. The van der Waals surface area contributed by atoms with Gasteiger partial charge in [0.1, 0.15) is 11.5 Å². The fraction of sp³-hybridized carbons (Fsp3) is 0.708. The molecule has 11 heteroatoms. The molecule has 0 radical (unpaired) electrons. The second-order valence-electron chi connectivity index (χ2n) is 9.70. The Labute approximate surface area is 213 Å². The third-order valence-electron chi connectivity index (χ3n) is 7.22. The van der Waals surface area contributed by atoms with Gasteiger partial charge in [-0.2, -0.15) is 4.31 Å². The fourth-order valence-corrected chi connectivity index (χ4v) is 7.66. The lowest BCUT2D eigenvalue weighted by Gasteiger charge is -2.42. The number of halogens is 1. The largest absolute Gasteiger partial charge is 0.378 e. The lowest BCUT2D eigenvalue weighted by molar-refractivity contribution is -0.139. The molecule has 1 aromatic rings. The summed E-state index contributed by atoms with van der Waals surface area (Å²) in [6, 6.07) is 5.65. The Morgan fingerprint density at radius 2 is 2.00 bits per heavy atom. The van der Waals surface area contributed by atoms with Crippen molar-refractivity contribution in [1.29, 1.82) is 0 Å². The lowest BCUT2D eigenvalue weighted by Crippen LogP contribution is -2.55. The number of sulfonamides is 1. The Balaban J connectivity index is 1.28. The summed E-state index contributed by atoms with van der Waals surface area (Å²) >= 11 is 6.25. The summed E-state index contributed by atoms with van der Waals surface area (Å²) in [5, 5.41) is 3.69. The van der Waals surface area contributed by atoms with Crippen molar-refractivity contribution in [1.82, 2.24) is 19.4 Å². The number of ether oxygens (including phenoxy) is 2. The van der Waals surface area contributed by atoms with E-state index in [1.54, 1.807) is 25.1 Å².